The van der Waals surface area contributed by atoms with Crippen molar-refractivity contribution >= 4 is 22.8 Å². The number of hydrogen-bond acceptors (Lipinski definition) is 5. The second kappa shape index (κ2) is 6.40. The maximum Gasteiger partial charge on any atom is 0.267 e. The zero-order valence-electron chi connectivity index (χ0n) is 15.3. The largest absolute Gasteiger partial charge is 0.324 e. The molecule has 8 nitrogen and oxygen atoms in total. The fourth-order valence-corrected chi connectivity index (χ4v) is 3.77. The predicted molar refractivity (Wildman–Crippen MR) is 104 cm³/mol. The van der Waals surface area contributed by atoms with E-state index in [0.717, 1.165) is 18.5 Å². The van der Waals surface area contributed by atoms with Gasteiger partial charge in [0.25, 0.3) is 5.56 Å². The minimum atomic E-state index is -0.315. The topological polar surface area (TPSA) is 94.2 Å². The fraction of sp³-hybridized carbons (Fsp3) is 0.350. The number of pyridine rings is 1. The minimum Gasteiger partial charge on any atom is -0.324 e. The molecule has 1 amide bonds. The first kappa shape index (κ1) is 16.9. The number of anilines is 1. The summed E-state index contributed by atoms with van der Waals surface area (Å²) in [5, 5.41) is 11.2. The van der Waals surface area contributed by atoms with Crippen molar-refractivity contribution in [2.24, 2.45) is 5.41 Å². The monoisotopic (exact) mass is 376 g/mol. The first-order chi connectivity index (χ1) is 13.6. The van der Waals surface area contributed by atoms with Gasteiger partial charge in [0.1, 0.15) is 12.9 Å². The molecule has 1 saturated carbocycles. The van der Waals surface area contributed by atoms with Gasteiger partial charge in [-0.25, -0.2) is 14.2 Å². The number of carbonyl (C=O) groups excluding carboxylic acids is 1. The predicted octanol–water partition coefficient (Wildman–Crippen LogP) is 2.27. The summed E-state index contributed by atoms with van der Waals surface area (Å²) in [4.78, 5) is 28.7. The Morgan fingerprint density at radius 3 is 2.89 bits per heavy atom. The van der Waals surface area contributed by atoms with Gasteiger partial charge in [-0.3, -0.25) is 9.59 Å². The molecule has 0 aromatic carbocycles. The van der Waals surface area contributed by atoms with Crippen LogP contribution in [0.3, 0.4) is 0 Å². The first-order valence-electron chi connectivity index (χ1n) is 9.47. The van der Waals surface area contributed by atoms with E-state index >= 15 is 0 Å². The highest BCUT2D eigenvalue weighted by Crippen LogP contribution is 2.56. The molecule has 0 aliphatic heterocycles. The molecule has 0 saturated heterocycles. The van der Waals surface area contributed by atoms with Gasteiger partial charge in [0, 0.05) is 24.0 Å². The summed E-state index contributed by atoms with van der Waals surface area (Å²) in [6, 6.07) is 6.69. The van der Waals surface area contributed by atoms with Gasteiger partial charge in [0.2, 0.25) is 5.91 Å². The van der Waals surface area contributed by atoms with Crippen molar-refractivity contribution in [3.63, 3.8) is 0 Å². The smallest absolute Gasteiger partial charge is 0.267 e. The maximum atomic E-state index is 12.4. The third kappa shape index (κ3) is 3.21. The summed E-state index contributed by atoms with van der Waals surface area (Å²) in [6.07, 6.45) is 11.3. The van der Waals surface area contributed by atoms with Crippen molar-refractivity contribution in [3.8, 4) is 0 Å². The summed E-state index contributed by atoms with van der Waals surface area (Å²) >= 11 is 0. The minimum absolute atomic E-state index is 0.137. The lowest BCUT2D eigenvalue weighted by atomic mass is 9.86. The summed E-state index contributed by atoms with van der Waals surface area (Å²) in [6.45, 7) is -0.137. The van der Waals surface area contributed by atoms with E-state index in [2.05, 4.69) is 26.6 Å². The van der Waals surface area contributed by atoms with E-state index in [9.17, 15) is 9.59 Å². The Morgan fingerprint density at radius 2 is 2.11 bits per heavy atom. The van der Waals surface area contributed by atoms with Gasteiger partial charge in [-0.1, -0.05) is 6.08 Å². The standard InChI is InChI=1S/C20H20N6O2/c27-18(23-15-5-10-25-17(11-15)21-13-22-25)12-26-19(28)2-1-16(24-26)14-3-6-20(7-4-14)8-9-20/h1-3,5,10-11,13H,4,6-9,12H2,(H,23,27). The highest BCUT2D eigenvalue weighted by molar-refractivity contribution is 5.90. The SMILES string of the molecule is O=C(Cn1nc(C2=CCC3(CC2)CC3)ccc1=O)Nc1ccn2ncnc2c1. The molecule has 2 aliphatic rings. The lowest BCUT2D eigenvalue weighted by Gasteiger charge is -2.20. The molecule has 28 heavy (non-hydrogen) atoms. The van der Waals surface area contributed by atoms with Crippen LogP contribution in [0.2, 0.25) is 0 Å². The molecule has 1 N–H and O–H groups in total. The van der Waals surface area contributed by atoms with Crippen LogP contribution < -0.4 is 10.9 Å². The third-order valence-corrected chi connectivity index (χ3v) is 5.72. The average molecular weight is 376 g/mol. The lowest BCUT2D eigenvalue weighted by Crippen LogP contribution is -2.29. The van der Waals surface area contributed by atoms with E-state index in [-0.39, 0.29) is 18.0 Å². The number of carbonyl (C=O) groups is 1. The Hall–Kier alpha value is -3.29. The molecule has 0 radical (unpaired) electrons. The van der Waals surface area contributed by atoms with Crippen LogP contribution in [0.1, 0.15) is 37.8 Å². The third-order valence-electron chi connectivity index (χ3n) is 5.72. The van der Waals surface area contributed by atoms with Crippen LogP contribution in [0, 0.1) is 5.41 Å². The van der Waals surface area contributed by atoms with Crippen LogP contribution >= 0.6 is 0 Å². The Bertz CT molecular complexity index is 1150. The molecular weight excluding hydrogens is 356 g/mol. The number of allylic oxidation sites excluding steroid dienone is 2. The number of aromatic nitrogens is 5. The number of fused-ring (bicyclic) bond motifs is 1. The molecule has 3 heterocycles. The van der Waals surface area contributed by atoms with Crippen molar-refractivity contribution in [3.05, 3.63) is 58.9 Å². The summed E-state index contributed by atoms with van der Waals surface area (Å²) in [7, 11) is 0. The molecule has 142 valence electrons. The van der Waals surface area contributed by atoms with E-state index in [0.29, 0.717) is 16.7 Å². The Kier molecular flexibility index (Phi) is 3.85. The molecule has 8 heteroatoms. The highest BCUT2D eigenvalue weighted by Gasteiger charge is 2.42. The van der Waals surface area contributed by atoms with Crippen LogP contribution in [0.25, 0.3) is 11.2 Å². The van der Waals surface area contributed by atoms with Gasteiger partial charge in [-0.2, -0.15) is 10.2 Å². The summed E-state index contributed by atoms with van der Waals surface area (Å²) in [5.41, 5.74) is 3.44. The van der Waals surface area contributed by atoms with E-state index in [1.807, 2.05) is 0 Å². The van der Waals surface area contributed by atoms with Gasteiger partial charge < -0.3 is 5.32 Å². The zero-order valence-corrected chi connectivity index (χ0v) is 15.3. The van der Waals surface area contributed by atoms with Crippen LogP contribution in [0.4, 0.5) is 5.69 Å². The fourth-order valence-electron chi connectivity index (χ4n) is 3.77. The van der Waals surface area contributed by atoms with Crippen LogP contribution in [-0.4, -0.2) is 30.3 Å². The van der Waals surface area contributed by atoms with E-state index < -0.39 is 0 Å². The molecule has 1 spiro atoms. The summed E-state index contributed by atoms with van der Waals surface area (Å²) < 4.78 is 2.83. The molecule has 3 aromatic heterocycles. The second-order valence-electron chi connectivity index (χ2n) is 7.67. The van der Waals surface area contributed by atoms with Gasteiger partial charge in [-0.15, -0.1) is 0 Å². The van der Waals surface area contributed by atoms with E-state index in [1.54, 1.807) is 28.9 Å². The second-order valence-corrected chi connectivity index (χ2v) is 7.67. The summed E-state index contributed by atoms with van der Waals surface area (Å²) in [5.74, 6) is -0.315. The quantitative estimate of drug-likeness (QED) is 0.754. The highest BCUT2D eigenvalue weighted by atomic mass is 16.2. The maximum absolute atomic E-state index is 12.4. The van der Waals surface area contributed by atoms with Crippen molar-refractivity contribution in [2.45, 2.75) is 38.6 Å². The van der Waals surface area contributed by atoms with Crippen LogP contribution in [0.15, 0.2) is 47.7 Å². The van der Waals surface area contributed by atoms with Gasteiger partial charge in [0.05, 0.1) is 5.69 Å². The Morgan fingerprint density at radius 1 is 1.21 bits per heavy atom. The van der Waals surface area contributed by atoms with Crippen molar-refractivity contribution in [1.29, 1.82) is 0 Å². The van der Waals surface area contributed by atoms with Crippen LogP contribution in [-0.2, 0) is 11.3 Å². The molecule has 2 aliphatic carbocycles. The van der Waals surface area contributed by atoms with Gasteiger partial charge in [0.15, 0.2) is 5.65 Å². The van der Waals surface area contributed by atoms with E-state index in [4.69, 9.17) is 0 Å². The van der Waals surface area contributed by atoms with Crippen LogP contribution in [0.5, 0.6) is 0 Å². The number of nitrogens with zero attached hydrogens (tertiary/aromatic N) is 5. The van der Waals surface area contributed by atoms with Crippen molar-refractivity contribution in [2.75, 3.05) is 5.32 Å². The molecule has 3 aromatic rings. The number of hydrogen-bond donors (Lipinski definition) is 1. The molecule has 1 fully saturated rings. The van der Waals surface area contributed by atoms with Gasteiger partial charge in [-0.05, 0) is 55.2 Å². The first-order valence-corrected chi connectivity index (χ1v) is 9.47. The number of nitrogens with one attached hydrogen (secondary N) is 1. The van der Waals surface area contributed by atoms with Gasteiger partial charge >= 0.3 is 0 Å². The number of rotatable bonds is 4. The molecule has 0 atom stereocenters. The van der Waals surface area contributed by atoms with E-state index in [1.165, 1.54) is 41.9 Å². The average Bonchev–Trinajstić information content (AvgIpc) is 3.27. The lowest BCUT2D eigenvalue weighted by molar-refractivity contribution is -0.117. The normalized spacial score (nSPS) is 17.5. The number of amides is 1. The molecule has 5 rings (SSSR count). The Labute approximate surface area is 160 Å². The molecule has 0 bridgehead atoms. The zero-order chi connectivity index (χ0) is 19.1. The Balaban J connectivity index is 1.32. The molecular formula is C20H20N6O2. The molecule has 0 unspecified atom stereocenters. The van der Waals surface area contributed by atoms with Crippen molar-refractivity contribution in [1.82, 2.24) is 24.4 Å². The van der Waals surface area contributed by atoms with Crippen molar-refractivity contribution < 1.29 is 4.79 Å².